The lowest BCUT2D eigenvalue weighted by atomic mass is 10.5. The van der Waals surface area contributed by atoms with Crippen LogP contribution in [0.25, 0.3) is 0 Å². The number of hydrogen-bond acceptors (Lipinski definition) is 3. The van der Waals surface area contributed by atoms with Crippen LogP contribution in [0.2, 0.25) is 0 Å². The van der Waals surface area contributed by atoms with E-state index in [1.165, 1.54) is 0 Å². The molecule has 0 amide bonds. The zero-order valence-corrected chi connectivity index (χ0v) is 11.7. The van der Waals surface area contributed by atoms with E-state index in [0.29, 0.717) is 11.6 Å². The minimum Gasteiger partial charge on any atom is -0.435 e. The third-order valence-electron chi connectivity index (χ3n) is 1.92. The van der Waals surface area contributed by atoms with Gasteiger partial charge in [0, 0.05) is 17.2 Å². The van der Waals surface area contributed by atoms with Gasteiger partial charge in [-0.15, -0.1) is 0 Å². The molecule has 6 heteroatoms. The zero-order chi connectivity index (χ0) is 11.5. The van der Waals surface area contributed by atoms with Crippen molar-refractivity contribution in [1.29, 1.82) is 0 Å². The van der Waals surface area contributed by atoms with Gasteiger partial charge in [-0.1, -0.05) is 0 Å². The molecule has 0 atom stereocenters. The molecule has 0 aliphatic carbocycles. The first-order valence-electron chi connectivity index (χ1n) is 4.70. The summed E-state index contributed by atoms with van der Waals surface area (Å²) < 4.78 is 9.07. The van der Waals surface area contributed by atoms with Crippen LogP contribution in [-0.4, -0.2) is 14.8 Å². The van der Waals surface area contributed by atoms with E-state index in [2.05, 4.69) is 41.9 Å². The largest absolute Gasteiger partial charge is 0.435 e. The summed E-state index contributed by atoms with van der Waals surface area (Å²) in [6.07, 6.45) is 5.18. The summed E-state index contributed by atoms with van der Waals surface area (Å²) in [5.41, 5.74) is 0. The fourth-order valence-electron chi connectivity index (χ4n) is 1.16. The van der Waals surface area contributed by atoms with E-state index < -0.39 is 0 Å². The van der Waals surface area contributed by atoms with Gasteiger partial charge in [-0.3, -0.25) is 4.68 Å². The highest BCUT2D eigenvalue weighted by molar-refractivity contribution is 9.11. The van der Waals surface area contributed by atoms with Crippen molar-refractivity contribution >= 4 is 31.9 Å². The van der Waals surface area contributed by atoms with Gasteiger partial charge >= 0.3 is 0 Å². The number of ether oxygens (including phenoxy) is 1. The second-order valence-electron chi connectivity index (χ2n) is 3.07. The number of halogens is 2. The highest BCUT2D eigenvalue weighted by Gasteiger charge is 2.06. The summed E-state index contributed by atoms with van der Waals surface area (Å²) in [6.45, 7) is 2.84. The number of hydrogen-bond donors (Lipinski definition) is 0. The molecule has 0 fully saturated rings. The first-order valence-corrected chi connectivity index (χ1v) is 6.29. The van der Waals surface area contributed by atoms with Crippen molar-refractivity contribution in [3.05, 3.63) is 33.6 Å². The Bertz CT molecular complexity index is 499. The molecule has 0 N–H and O–H groups in total. The standard InChI is InChI=1S/C10H9Br2N3O/c1-2-15-6-8(5-14-15)16-10-9(12)3-7(11)4-13-10/h3-6H,2H2,1H3. The summed E-state index contributed by atoms with van der Waals surface area (Å²) in [4.78, 5) is 4.16. The van der Waals surface area contributed by atoms with Crippen molar-refractivity contribution in [2.45, 2.75) is 13.5 Å². The van der Waals surface area contributed by atoms with E-state index in [9.17, 15) is 0 Å². The quantitative estimate of drug-likeness (QED) is 0.852. The van der Waals surface area contributed by atoms with E-state index >= 15 is 0 Å². The Morgan fingerprint density at radius 3 is 2.81 bits per heavy atom. The molecule has 0 aromatic carbocycles. The van der Waals surface area contributed by atoms with Crippen molar-refractivity contribution in [3.63, 3.8) is 0 Å². The van der Waals surface area contributed by atoms with Gasteiger partial charge in [0.1, 0.15) is 0 Å². The van der Waals surface area contributed by atoms with Crippen LogP contribution >= 0.6 is 31.9 Å². The molecule has 0 saturated heterocycles. The smallest absolute Gasteiger partial charge is 0.233 e. The third kappa shape index (κ3) is 2.62. The Morgan fingerprint density at radius 1 is 1.38 bits per heavy atom. The molecule has 2 aromatic rings. The van der Waals surface area contributed by atoms with Crippen LogP contribution < -0.4 is 4.74 Å². The predicted octanol–water partition coefficient (Wildman–Crippen LogP) is 3.62. The molecule has 0 aliphatic rings. The number of aryl methyl sites for hydroxylation is 1. The van der Waals surface area contributed by atoms with Gasteiger partial charge in [0.25, 0.3) is 0 Å². The Morgan fingerprint density at radius 2 is 2.19 bits per heavy atom. The zero-order valence-electron chi connectivity index (χ0n) is 8.52. The van der Waals surface area contributed by atoms with Gasteiger partial charge in [-0.25, -0.2) is 4.98 Å². The third-order valence-corrected chi connectivity index (χ3v) is 2.92. The Balaban J connectivity index is 2.20. The van der Waals surface area contributed by atoms with Crippen molar-refractivity contribution < 1.29 is 4.74 Å². The van der Waals surface area contributed by atoms with Crippen molar-refractivity contribution in [2.24, 2.45) is 0 Å². The van der Waals surface area contributed by atoms with Crippen LogP contribution in [-0.2, 0) is 6.54 Å². The van der Waals surface area contributed by atoms with E-state index in [0.717, 1.165) is 15.5 Å². The molecule has 2 rings (SSSR count). The van der Waals surface area contributed by atoms with E-state index in [1.54, 1.807) is 17.1 Å². The second-order valence-corrected chi connectivity index (χ2v) is 4.84. The molecule has 0 aliphatic heterocycles. The highest BCUT2D eigenvalue weighted by Crippen LogP contribution is 2.29. The average molecular weight is 347 g/mol. The van der Waals surface area contributed by atoms with E-state index in [4.69, 9.17) is 4.74 Å². The van der Waals surface area contributed by atoms with Crippen molar-refractivity contribution in [2.75, 3.05) is 0 Å². The summed E-state index contributed by atoms with van der Waals surface area (Å²) in [5, 5.41) is 4.12. The molecule has 2 heterocycles. The van der Waals surface area contributed by atoms with Crippen LogP contribution in [0, 0.1) is 0 Å². The molecule has 0 saturated carbocycles. The lowest BCUT2D eigenvalue weighted by molar-refractivity contribution is 0.458. The molecule has 16 heavy (non-hydrogen) atoms. The normalized spacial score (nSPS) is 10.4. The van der Waals surface area contributed by atoms with Crippen LogP contribution in [0.4, 0.5) is 0 Å². The number of pyridine rings is 1. The second kappa shape index (κ2) is 4.97. The van der Waals surface area contributed by atoms with Gasteiger partial charge in [-0.2, -0.15) is 5.10 Å². The molecule has 0 unspecified atom stereocenters. The molecule has 4 nitrogen and oxygen atoms in total. The van der Waals surface area contributed by atoms with Gasteiger partial charge in [0.05, 0.1) is 16.9 Å². The van der Waals surface area contributed by atoms with Gasteiger partial charge < -0.3 is 4.74 Å². The molecule has 0 bridgehead atoms. The highest BCUT2D eigenvalue weighted by atomic mass is 79.9. The lowest BCUT2D eigenvalue weighted by Gasteiger charge is -2.03. The average Bonchev–Trinajstić information content (AvgIpc) is 2.70. The van der Waals surface area contributed by atoms with Crippen molar-refractivity contribution in [1.82, 2.24) is 14.8 Å². The maximum atomic E-state index is 5.58. The summed E-state index contributed by atoms with van der Waals surface area (Å²) >= 11 is 6.72. The number of nitrogens with zero attached hydrogens (tertiary/aromatic N) is 3. The minimum atomic E-state index is 0.527. The van der Waals surface area contributed by atoms with Gasteiger partial charge in [-0.05, 0) is 44.8 Å². The summed E-state index contributed by atoms with van der Waals surface area (Å²) in [7, 11) is 0. The van der Waals surface area contributed by atoms with Crippen LogP contribution in [0.5, 0.6) is 11.6 Å². The minimum absolute atomic E-state index is 0.527. The van der Waals surface area contributed by atoms with Crippen LogP contribution in [0.15, 0.2) is 33.6 Å². The van der Waals surface area contributed by atoms with Crippen LogP contribution in [0.3, 0.4) is 0 Å². The predicted molar refractivity (Wildman–Crippen MR) is 67.6 cm³/mol. The fraction of sp³-hybridized carbons (Fsp3) is 0.200. The molecule has 84 valence electrons. The monoisotopic (exact) mass is 345 g/mol. The maximum absolute atomic E-state index is 5.58. The Labute approximate surface area is 110 Å². The topological polar surface area (TPSA) is 39.9 Å². The van der Waals surface area contributed by atoms with Crippen LogP contribution in [0.1, 0.15) is 6.92 Å². The molecular weight excluding hydrogens is 338 g/mol. The van der Waals surface area contributed by atoms with Gasteiger partial charge in [0.15, 0.2) is 5.75 Å². The molecule has 0 radical (unpaired) electrons. The van der Waals surface area contributed by atoms with E-state index in [1.807, 2.05) is 19.2 Å². The van der Waals surface area contributed by atoms with Gasteiger partial charge in [0.2, 0.25) is 5.88 Å². The first-order chi connectivity index (χ1) is 7.69. The summed E-state index contributed by atoms with van der Waals surface area (Å²) in [5.74, 6) is 1.20. The summed E-state index contributed by atoms with van der Waals surface area (Å²) in [6, 6.07) is 1.88. The van der Waals surface area contributed by atoms with E-state index in [-0.39, 0.29) is 0 Å². The first kappa shape index (κ1) is 11.6. The maximum Gasteiger partial charge on any atom is 0.233 e. The Hall–Kier alpha value is -0.880. The number of aromatic nitrogens is 3. The SMILES string of the molecule is CCn1cc(Oc2ncc(Br)cc2Br)cn1. The Kier molecular flexibility index (Phi) is 3.60. The molecule has 0 spiro atoms. The molecular formula is C10H9Br2N3O. The fourth-order valence-corrected chi connectivity index (χ4v) is 2.23. The number of rotatable bonds is 3. The molecule has 2 aromatic heterocycles. The van der Waals surface area contributed by atoms with Crippen molar-refractivity contribution in [3.8, 4) is 11.6 Å². The lowest BCUT2D eigenvalue weighted by Crippen LogP contribution is -1.92.